The second-order valence-electron chi connectivity index (χ2n) is 6.05. The molecule has 2 amide bonds. The van der Waals surface area contributed by atoms with Crippen LogP contribution >= 0.6 is 0 Å². The van der Waals surface area contributed by atoms with Gasteiger partial charge in [-0.25, -0.2) is 4.79 Å². The smallest absolute Gasteiger partial charge is 0.326 e. The third-order valence-electron chi connectivity index (χ3n) is 4.19. The molecule has 4 N–H and O–H groups in total. The van der Waals surface area contributed by atoms with Crippen LogP contribution in [-0.2, 0) is 20.8 Å². The van der Waals surface area contributed by atoms with Crippen LogP contribution < -0.4 is 11.1 Å². The summed E-state index contributed by atoms with van der Waals surface area (Å²) >= 11 is 0. The van der Waals surface area contributed by atoms with Crippen LogP contribution in [0, 0.1) is 0 Å². The van der Waals surface area contributed by atoms with Gasteiger partial charge < -0.3 is 21.1 Å². The number of carboxylic acids is 1. The van der Waals surface area contributed by atoms with Crippen LogP contribution in [0.2, 0.25) is 0 Å². The van der Waals surface area contributed by atoms with Crippen molar-refractivity contribution in [3.8, 4) is 0 Å². The van der Waals surface area contributed by atoms with Gasteiger partial charge in [0.15, 0.2) is 0 Å². The number of carbonyl (C=O) groups excluding carboxylic acids is 2. The molecule has 7 nitrogen and oxygen atoms in total. The van der Waals surface area contributed by atoms with Gasteiger partial charge in [0.1, 0.15) is 12.1 Å². The highest BCUT2D eigenvalue weighted by Gasteiger charge is 2.36. The highest BCUT2D eigenvalue weighted by Crippen LogP contribution is 2.18. The fourth-order valence-electron chi connectivity index (χ4n) is 2.88. The number of carboxylic acid groups (broad SMARTS) is 1. The molecule has 130 valence electrons. The van der Waals surface area contributed by atoms with Crippen LogP contribution in [0.4, 0.5) is 0 Å². The van der Waals surface area contributed by atoms with Crippen LogP contribution in [0.25, 0.3) is 0 Å². The maximum absolute atomic E-state index is 12.4. The molecule has 0 radical (unpaired) electrons. The van der Waals surface area contributed by atoms with Gasteiger partial charge in [-0.05, 0) is 31.7 Å². The molecule has 2 rings (SSSR count). The van der Waals surface area contributed by atoms with E-state index in [1.54, 1.807) is 6.92 Å². The molecule has 0 aliphatic carbocycles. The molecule has 0 aromatic heterocycles. The second-order valence-corrected chi connectivity index (χ2v) is 6.05. The third kappa shape index (κ3) is 4.32. The zero-order valence-corrected chi connectivity index (χ0v) is 13.6. The molecule has 1 heterocycles. The Kier molecular flexibility index (Phi) is 5.92. The number of rotatable bonds is 6. The van der Waals surface area contributed by atoms with E-state index < -0.39 is 30.0 Å². The summed E-state index contributed by atoms with van der Waals surface area (Å²) in [5, 5.41) is 11.7. The topological polar surface area (TPSA) is 113 Å². The summed E-state index contributed by atoms with van der Waals surface area (Å²) in [5.74, 6) is -1.83. The molecule has 0 spiro atoms. The number of hydrogen-bond donors (Lipinski definition) is 3. The van der Waals surface area contributed by atoms with E-state index in [0.29, 0.717) is 25.8 Å². The standard InChI is InChI=1S/C17H23N3O4/c1-11(16(22)20-9-5-8-14(20)17(23)24)19-15(21)13(18)10-12-6-3-2-4-7-12/h2-4,6-7,11,13-14H,5,8-10,18H2,1H3,(H,19,21)(H,23,24)/t11-,13-,14-/m0/s1. The number of carbonyl (C=O) groups is 3. The van der Waals surface area contributed by atoms with Gasteiger partial charge in [0.2, 0.25) is 11.8 Å². The molecule has 1 fully saturated rings. The summed E-state index contributed by atoms with van der Waals surface area (Å²) in [4.78, 5) is 37.0. The minimum Gasteiger partial charge on any atom is -0.480 e. The molecular formula is C17H23N3O4. The molecule has 1 aliphatic rings. The summed E-state index contributed by atoms with van der Waals surface area (Å²) in [6.07, 6.45) is 1.46. The highest BCUT2D eigenvalue weighted by molar-refractivity contribution is 5.91. The SMILES string of the molecule is C[C@H](NC(=O)[C@@H](N)Cc1ccccc1)C(=O)N1CCC[C@H]1C(=O)O. The van der Waals surface area contributed by atoms with Crippen molar-refractivity contribution < 1.29 is 19.5 Å². The quantitative estimate of drug-likeness (QED) is 0.685. The van der Waals surface area contributed by atoms with E-state index in [-0.39, 0.29) is 5.91 Å². The summed E-state index contributed by atoms with van der Waals surface area (Å²) in [7, 11) is 0. The van der Waals surface area contributed by atoms with E-state index in [1.807, 2.05) is 30.3 Å². The van der Waals surface area contributed by atoms with E-state index in [9.17, 15) is 14.4 Å². The molecule has 0 saturated carbocycles. The fourth-order valence-corrected chi connectivity index (χ4v) is 2.88. The average Bonchev–Trinajstić information content (AvgIpc) is 3.04. The van der Waals surface area contributed by atoms with Crippen LogP contribution in [0.3, 0.4) is 0 Å². The van der Waals surface area contributed by atoms with Crippen molar-refractivity contribution in [1.29, 1.82) is 0 Å². The predicted octanol–water partition coefficient (Wildman–Crippen LogP) is 0.137. The lowest BCUT2D eigenvalue weighted by Crippen LogP contribution is -2.53. The number of nitrogens with two attached hydrogens (primary N) is 1. The Morgan fingerprint density at radius 1 is 1.33 bits per heavy atom. The molecule has 7 heteroatoms. The Labute approximate surface area is 140 Å². The van der Waals surface area contributed by atoms with Gasteiger partial charge in [-0.15, -0.1) is 0 Å². The molecule has 3 atom stereocenters. The third-order valence-corrected chi connectivity index (χ3v) is 4.19. The van der Waals surface area contributed by atoms with Gasteiger partial charge in [0, 0.05) is 6.54 Å². The Bertz CT molecular complexity index is 605. The van der Waals surface area contributed by atoms with Crippen molar-refractivity contribution in [1.82, 2.24) is 10.2 Å². The van der Waals surface area contributed by atoms with Gasteiger partial charge in [0.05, 0.1) is 6.04 Å². The normalized spacial score (nSPS) is 19.6. The first-order valence-corrected chi connectivity index (χ1v) is 8.03. The molecule has 0 unspecified atom stereocenters. The zero-order valence-electron chi connectivity index (χ0n) is 13.6. The van der Waals surface area contributed by atoms with E-state index in [0.717, 1.165) is 5.56 Å². The first kappa shape index (κ1) is 17.9. The number of benzene rings is 1. The van der Waals surface area contributed by atoms with Crippen molar-refractivity contribution in [3.05, 3.63) is 35.9 Å². The summed E-state index contributed by atoms with van der Waals surface area (Å²) in [6, 6.07) is 6.99. The van der Waals surface area contributed by atoms with Gasteiger partial charge in [0.25, 0.3) is 0 Å². The van der Waals surface area contributed by atoms with Gasteiger partial charge in [-0.2, -0.15) is 0 Å². The Hall–Kier alpha value is -2.41. The number of likely N-dealkylation sites (tertiary alicyclic amines) is 1. The van der Waals surface area contributed by atoms with Crippen LogP contribution in [0.15, 0.2) is 30.3 Å². The van der Waals surface area contributed by atoms with Crippen molar-refractivity contribution in [2.45, 2.75) is 44.3 Å². The average molecular weight is 333 g/mol. The molecule has 1 aliphatic heterocycles. The summed E-state index contributed by atoms with van der Waals surface area (Å²) < 4.78 is 0. The molecule has 1 aromatic carbocycles. The molecule has 1 aromatic rings. The number of aliphatic carboxylic acids is 1. The summed E-state index contributed by atoms with van der Waals surface area (Å²) in [6.45, 7) is 1.94. The maximum atomic E-state index is 12.4. The minimum absolute atomic E-state index is 0.370. The Balaban J connectivity index is 1.90. The minimum atomic E-state index is -1.01. The molecule has 0 bridgehead atoms. The van der Waals surface area contributed by atoms with Crippen LogP contribution in [-0.4, -0.2) is 52.5 Å². The second kappa shape index (κ2) is 7.92. The highest BCUT2D eigenvalue weighted by atomic mass is 16.4. The van der Waals surface area contributed by atoms with Crippen molar-refractivity contribution in [2.24, 2.45) is 5.73 Å². The predicted molar refractivity (Wildman–Crippen MR) is 88.1 cm³/mol. The van der Waals surface area contributed by atoms with E-state index >= 15 is 0 Å². The van der Waals surface area contributed by atoms with Crippen molar-refractivity contribution in [3.63, 3.8) is 0 Å². The summed E-state index contributed by atoms with van der Waals surface area (Å²) in [5.41, 5.74) is 6.83. The van der Waals surface area contributed by atoms with Crippen LogP contribution in [0.1, 0.15) is 25.3 Å². The largest absolute Gasteiger partial charge is 0.480 e. The fraction of sp³-hybridized carbons (Fsp3) is 0.471. The lowest BCUT2D eigenvalue weighted by Gasteiger charge is -2.26. The van der Waals surface area contributed by atoms with Gasteiger partial charge >= 0.3 is 5.97 Å². The number of nitrogens with zero attached hydrogens (tertiary/aromatic N) is 1. The van der Waals surface area contributed by atoms with E-state index in [4.69, 9.17) is 10.8 Å². The van der Waals surface area contributed by atoms with Crippen molar-refractivity contribution >= 4 is 17.8 Å². The maximum Gasteiger partial charge on any atom is 0.326 e. The van der Waals surface area contributed by atoms with Gasteiger partial charge in [-0.3, -0.25) is 9.59 Å². The molecular weight excluding hydrogens is 310 g/mol. The van der Waals surface area contributed by atoms with Crippen molar-refractivity contribution in [2.75, 3.05) is 6.54 Å². The first-order valence-electron chi connectivity index (χ1n) is 8.03. The lowest BCUT2D eigenvalue weighted by molar-refractivity contribution is -0.149. The van der Waals surface area contributed by atoms with Gasteiger partial charge in [-0.1, -0.05) is 30.3 Å². The van der Waals surface area contributed by atoms with Crippen LogP contribution in [0.5, 0.6) is 0 Å². The Morgan fingerprint density at radius 2 is 2.00 bits per heavy atom. The Morgan fingerprint density at radius 3 is 2.62 bits per heavy atom. The van der Waals surface area contributed by atoms with E-state index in [1.165, 1.54) is 4.90 Å². The molecule has 1 saturated heterocycles. The lowest BCUT2D eigenvalue weighted by atomic mass is 10.1. The van der Waals surface area contributed by atoms with E-state index in [2.05, 4.69) is 5.32 Å². The monoisotopic (exact) mass is 333 g/mol. The zero-order chi connectivity index (χ0) is 17.7. The number of nitrogens with one attached hydrogen (secondary N) is 1. The number of amides is 2. The molecule has 24 heavy (non-hydrogen) atoms. The first-order chi connectivity index (χ1) is 11.4. The number of hydrogen-bond acceptors (Lipinski definition) is 4.